The summed E-state index contributed by atoms with van der Waals surface area (Å²) in [5, 5.41) is 3.85. The Morgan fingerprint density at radius 1 is 1.04 bits per heavy atom. The van der Waals surface area contributed by atoms with Crippen LogP contribution in [0.2, 0.25) is 0 Å². The van der Waals surface area contributed by atoms with Gasteiger partial charge in [0.25, 0.3) is 11.8 Å². The van der Waals surface area contributed by atoms with Crippen molar-refractivity contribution in [1.29, 1.82) is 0 Å². The fourth-order valence-corrected chi connectivity index (χ4v) is 3.75. The van der Waals surface area contributed by atoms with Crippen LogP contribution >= 0.6 is 0 Å². The summed E-state index contributed by atoms with van der Waals surface area (Å²) >= 11 is 0. The van der Waals surface area contributed by atoms with Crippen LogP contribution in [0.4, 0.5) is 0 Å². The molecular weight excluding hydrogens is 352 g/mol. The summed E-state index contributed by atoms with van der Waals surface area (Å²) in [4.78, 5) is 27.2. The Kier molecular flexibility index (Phi) is 5.15. The van der Waals surface area contributed by atoms with Gasteiger partial charge in [0.05, 0.1) is 0 Å². The second-order valence-corrected chi connectivity index (χ2v) is 7.29. The standard InChI is InChI=1S/C23H24N2O3/c1-16-19-10-3-4-11-20(19)28-21(16)22(26)24-15-17-8-7-9-18(14-17)23(27)25-12-5-2-6-13-25/h3-4,7-11,14H,2,5-6,12-13,15H2,1H3,(H,24,26). The fraction of sp³-hybridized carbons (Fsp3) is 0.304. The zero-order valence-corrected chi connectivity index (χ0v) is 16.0. The average Bonchev–Trinajstić information content (AvgIpc) is 3.09. The summed E-state index contributed by atoms with van der Waals surface area (Å²) in [7, 11) is 0. The van der Waals surface area contributed by atoms with Crippen molar-refractivity contribution in [2.24, 2.45) is 0 Å². The molecule has 1 aliphatic rings. The number of hydrogen-bond acceptors (Lipinski definition) is 3. The number of amides is 2. The molecule has 0 bridgehead atoms. The van der Waals surface area contributed by atoms with E-state index in [2.05, 4.69) is 5.32 Å². The molecule has 0 radical (unpaired) electrons. The number of carbonyl (C=O) groups is 2. The van der Waals surface area contributed by atoms with E-state index in [-0.39, 0.29) is 11.8 Å². The molecule has 1 aromatic heterocycles. The van der Waals surface area contributed by atoms with Crippen LogP contribution in [0.25, 0.3) is 11.0 Å². The van der Waals surface area contributed by atoms with Gasteiger partial charge in [-0.05, 0) is 49.9 Å². The minimum absolute atomic E-state index is 0.0704. The number of furan rings is 1. The van der Waals surface area contributed by atoms with Crippen LogP contribution in [0.5, 0.6) is 0 Å². The molecule has 0 saturated carbocycles. The third-order valence-corrected chi connectivity index (χ3v) is 5.32. The van der Waals surface area contributed by atoms with Gasteiger partial charge in [-0.3, -0.25) is 9.59 Å². The van der Waals surface area contributed by atoms with Gasteiger partial charge in [0.15, 0.2) is 5.76 Å². The van der Waals surface area contributed by atoms with Crippen molar-refractivity contribution in [2.45, 2.75) is 32.7 Å². The normalized spacial score (nSPS) is 14.2. The van der Waals surface area contributed by atoms with E-state index in [1.807, 2.05) is 60.4 Å². The van der Waals surface area contributed by atoms with Gasteiger partial charge in [-0.2, -0.15) is 0 Å². The first-order chi connectivity index (χ1) is 13.6. The number of nitrogens with one attached hydrogen (secondary N) is 1. The predicted molar refractivity (Wildman–Crippen MR) is 108 cm³/mol. The zero-order chi connectivity index (χ0) is 19.5. The molecule has 1 fully saturated rings. The summed E-state index contributed by atoms with van der Waals surface area (Å²) < 4.78 is 5.72. The van der Waals surface area contributed by atoms with Crippen LogP contribution < -0.4 is 5.32 Å². The Bertz CT molecular complexity index is 1020. The van der Waals surface area contributed by atoms with Crippen LogP contribution in [0.15, 0.2) is 52.9 Å². The van der Waals surface area contributed by atoms with Crippen molar-refractivity contribution in [3.05, 3.63) is 71.0 Å². The highest BCUT2D eigenvalue weighted by Crippen LogP contribution is 2.24. The Labute approximate surface area is 164 Å². The van der Waals surface area contributed by atoms with Gasteiger partial charge < -0.3 is 14.6 Å². The van der Waals surface area contributed by atoms with E-state index in [1.54, 1.807) is 0 Å². The Morgan fingerprint density at radius 2 is 1.82 bits per heavy atom. The van der Waals surface area contributed by atoms with Crippen LogP contribution in [0.1, 0.15) is 51.3 Å². The van der Waals surface area contributed by atoms with Crippen LogP contribution in [-0.4, -0.2) is 29.8 Å². The molecule has 5 nitrogen and oxygen atoms in total. The summed E-state index contributed by atoms with van der Waals surface area (Å²) in [6.45, 7) is 3.88. The van der Waals surface area contributed by atoms with E-state index in [4.69, 9.17) is 4.42 Å². The largest absolute Gasteiger partial charge is 0.451 e. The van der Waals surface area contributed by atoms with Gasteiger partial charge in [0, 0.05) is 36.1 Å². The predicted octanol–water partition coefficient (Wildman–Crippen LogP) is 4.30. The van der Waals surface area contributed by atoms with Crippen molar-refractivity contribution in [2.75, 3.05) is 13.1 Å². The summed E-state index contributed by atoms with van der Waals surface area (Å²) in [5.74, 6) is 0.157. The molecule has 2 heterocycles. The maximum absolute atomic E-state index is 12.7. The molecule has 2 aromatic carbocycles. The number of carbonyl (C=O) groups excluding carboxylic acids is 2. The Balaban J connectivity index is 1.45. The second-order valence-electron chi connectivity index (χ2n) is 7.29. The molecule has 1 saturated heterocycles. The molecular formula is C23H24N2O3. The first-order valence-electron chi connectivity index (χ1n) is 9.78. The van der Waals surface area contributed by atoms with E-state index in [1.165, 1.54) is 6.42 Å². The molecule has 0 atom stereocenters. The number of fused-ring (bicyclic) bond motifs is 1. The molecule has 144 valence electrons. The number of benzene rings is 2. The van der Waals surface area contributed by atoms with Crippen molar-refractivity contribution >= 4 is 22.8 Å². The van der Waals surface area contributed by atoms with Crippen LogP contribution in [-0.2, 0) is 6.54 Å². The quantitative estimate of drug-likeness (QED) is 0.738. The number of hydrogen-bond donors (Lipinski definition) is 1. The molecule has 2 amide bonds. The molecule has 0 unspecified atom stereocenters. The maximum atomic E-state index is 12.7. The van der Waals surface area contributed by atoms with Crippen molar-refractivity contribution in [3.63, 3.8) is 0 Å². The molecule has 4 rings (SSSR count). The minimum atomic E-state index is -0.249. The fourth-order valence-electron chi connectivity index (χ4n) is 3.75. The number of nitrogens with zero attached hydrogens (tertiary/aromatic N) is 1. The maximum Gasteiger partial charge on any atom is 0.287 e. The highest BCUT2D eigenvalue weighted by Gasteiger charge is 2.19. The lowest BCUT2D eigenvalue weighted by Gasteiger charge is -2.26. The van der Waals surface area contributed by atoms with E-state index in [0.29, 0.717) is 23.5 Å². The molecule has 1 N–H and O–H groups in total. The number of piperidine rings is 1. The first kappa shape index (κ1) is 18.3. The second kappa shape index (κ2) is 7.89. The molecule has 28 heavy (non-hydrogen) atoms. The summed E-state index contributed by atoms with van der Waals surface area (Å²) in [6.07, 6.45) is 3.33. The van der Waals surface area contributed by atoms with Gasteiger partial charge >= 0.3 is 0 Å². The van der Waals surface area contributed by atoms with E-state index in [9.17, 15) is 9.59 Å². The lowest BCUT2D eigenvalue weighted by molar-refractivity contribution is 0.0724. The molecule has 5 heteroatoms. The number of aryl methyl sites for hydroxylation is 1. The topological polar surface area (TPSA) is 62.6 Å². The lowest BCUT2D eigenvalue weighted by Crippen LogP contribution is -2.35. The van der Waals surface area contributed by atoms with Gasteiger partial charge in [0.2, 0.25) is 0 Å². The van der Waals surface area contributed by atoms with Gasteiger partial charge in [-0.15, -0.1) is 0 Å². The molecule has 3 aromatic rings. The van der Waals surface area contributed by atoms with E-state index in [0.717, 1.165) is 42.4 Å². The monoisotopic (exact) mass is 376 g/mol. The summed E-state index contributed by atoms with van der Waals surface area (Å²) in [5.41, 5.74) is 3.11. The third-order valence-electron chi connectivity index (χ3n) is 5.32. The van der Waals surface area contributed by atoms with Crippen LogP contribution in [0.3, 0.4) is 0 Å². The van der Waals surface area contributed by atoms with E-state index < -0.39 is 0 Å². The Hall–Kier alpha value is -3.08. The van der Waals surface area contributed by atoms with Gasteiger partial charge in [-0.25, -0.2) is 0 Å². The first-order valence-corrected chi connectivity index (χ1v) is 9.78. The number of para-hydroxylation sites is 1. The number of rotatable bonds is 4. The third kappa shape index (κ3) is 3.65. The van der Waals surface area contributed by atoms with Gasteiger partial charge in [-0.1, -0.05) is 30.3 Å². The van der Waals surface area contributed by atoms with Crippen molar-refractivity contribution < 1.29 is 14.0 Å². The minimum Gasteiger partial charge on any atom is -0.451 e. The zero-order valence-electron chi connectivity index (χ0n) is 16.0. The summed E-state index contributed by atoms with van der Waals surface area (Å²) in [6, 6.07) is 15.1. The lowest BCUT2D eigenvalue weighted by atomic mass is 10.1. The van der Waals surface area contributed by atoms with Crippen molar-refractivity contribution in [3.8, 4) is 0 Å². The van der Waals surface area contributed by atoms with E-state index >= 15 is 0 Å². The highest BCUT2D eigenvalue weighted by molar-refractivity contribution is 5.99. The van der Waals surface area contributed by atoms with Crippen molar-refractivity contribution in [1.82, 2.24) is 10.2 Å². The molecule has 0 spiro atoms. The highest BCUT2D eigenvalue weighted by atomic mass is 16.3. The smallest absolute Gasteiger partial charge is 0.287 e. The average molecular weight is 376 g/mol. The number of likely N-dealkylation sites (tertiary alicyclic amines) is 1. The van der Waals surface area contributed by atoms with Gasteiger partial charge in [0.1, 0.15) is 5.58 Å². The molecule has 0 aliphatic carbocycles. The SMILES string of the molecule is Cc1c(C(=O)NCc2cccc(C(=O)N3CCCCC3)c2)oc2ccccc12. The van der Waals surface area contributed by atoms with Crippen LogP contribution in [0, 0.1) is 6.92 Å². The molecule has 1 aliphatic heterocycles. The Morgan fingerprint density at radius 3 is 2.61 bits per heavy atom.